The number of amides is 3. The van der Waals surface area contributed by atoms with Gasteiger partial charge in [0.2, 0.25) is 11.8 Å². The number of alkyl carbamates (subject to hydrolysis) is 1. The Hall–Kier alpha value is -2.57. The molecular formula is C19H29N3O4. The average Bonchev–Trinajstić information content (AvgIpc) is 2.59. The summed E-state index contributed by atoms with van der Waals surface area (Å²) in [6, 6.07) is 6.79. The van der Waals surface area contributed by atoms with E-state index < -0.39 is 12.1 Å². The molecule has 144 valence electrons. The van der Waals surface area contributed by atoms with E-state index in [1.807, 2.05) is 45.0 Å². The second-order valence-electron chi connectivity index (χ2n) is 6.34. The number of carbonyl (C=O) groups excluding carboxylic acids is 3. The van der Waals surface area contributed by atoms with Gasteiger partial charge in [-0.2, -0.15) is 0 Å². The number of carbonyl (C=O) groups is 3. The molecule has 7 heteroatoms. The normalized spacial score (nSPS) is 11.6. The van der Waals surface area contributed by atoms with Gasteiger partial charge in [-0.25, -0.2) is 4.79 Å². The van der Waals surface area contributed by atoms with Crippen molar-refractivity contribution in [2.75, 3.05) is 25.5 Å². The van der Waals surface area contributed by atoms with Crippen LogP contribution in [0.3, 0.4) is 0 Å². The van der Waals surface area contributed by atoms with E-state index in [0.29, 0.717) is 0 Å². The number of hydrogen-bond donors (Lipinski definition) is 2. The quantitative estimate of drug-likeness (QED) is 0.742. The monoisotopic (exact) mass is 363 g/mol. The SMILES string of the molecule is CCOC(=O)NC(C(=O)N(C)CC(=O)Nc1ccccc1CC)C(C)C. The first-order chi connectivity index (χ1) is 12.3. The number of aryl methyl sites for hydroxylation is 1. The summed E-state index contributed by atoms with van der Waals surface area (Å²) in [7, 11) is 1.54. The molecule has 1 rings (SSSR count). The lowest BCUT2D eigenvalue weighted by molar-refractivity contribution is -0.136. The van der Waals surface area contributed by atoms with Gasteiger partial charge in [0, 0.05) is 12.7 Å². The molecule has 0 aliphatic heterocycles. The number of benzene rings is 1. The molecule has 0 fully saturated rings. The predicted octanol–water partition coefficient (Wildman–Crippen LogP) is 2.42. The summed E-state index contributed by atoms with van der Waals surface area (Å²) in [5, 5.41) is 5.39. The summed E-state index contributed by atoms with van der Waals surface area (Å²) in [6.45, 7) is 7.45. The van der Waals surface area contributed by atoms with Crippen molar-refractivity contribution in [2.45, 2.75) is 40.2 Å². The van der Waals surface area contributed by atoms with Crippen molar-refractivity contribution in [1.29, 1.82) is 0 Å². The van der Waals surface area contributed by atoms with Gasteiger partial charge in [-0.1, -0.05) is 39.0 Å². The molecule has 0 radical (unpaired) electrons. The van der Waals surface area contributed by atoms with E-state index in [9.17, 15) is 14.4 Å². The van der Waals surface area contributed by atoms with Crippen LogP contribution in [0.5, 0.6) is 0 Å². The third kappa shape index (κ3) is 6.38. The second-order valence-corrected chi connectivity index (χ2v) is 6.34. The van der Waals surface area contributed by atoms with Crippen LogP contribution < -0.4 is 10.6 Å². The van der Waals surface area contributed by atoms with Gasteiger partial charge in [-0.3, -0.25) is 9.59 Å². The minimum atomic E-state index is -0.755. The molecule has 0 bridgehead atoms. The predicted molar refractivity (Wildman–Crippen MR) is 101 cm³/mol. The number of hydrogen-bond acceptors (Lipinski definition) is 4. The van der Waals surface area contributed by atoms with Crippen molar-refractivity contribution in [3.05, 3.63) is 29.8 Å². The molecule has 0 aliphatic rings. The molecule has 2 N–H and O–H groups in total. The van der Waals surface area contributed by atoms with Crippen LogP contribution in [-0.4, -0.2) is 49.0 Å². The summed E-state index contributed by atoms with van der Waals surface area (Å²) >= 11 is 0. The van der Waals surface area contributed by atoms with E-state index in [1.165, 1.54) is 11.9 Å². The Bertz CT molecular complexity index is 631. The van der Waals surface area contributed by atoms with Crippen LogP contribution in [0.25, 0.3) is 0 Å². The highest BCUT2D eigenvalue weighted by Gasteiger charge is 2.28. The molecule has 3 amide bonds. The standard InChI is InChI=1S/C19H29N3O4/c1-6-14-10-8-9-11-15(14)20-16(23)12-22(5)18(24)17(13(3)4)21-19(25)26-7-2/h8-11,13,17H,6-7,12H2,1-5H3,(H,20,23)(H,21,25). The largest absolute Gasteiger partial charge is 0.450 e. The van der Waals surface area contributed by atoms with Gasteiger partial charge in [0.05, 0.1) is 13.2 Å². The van der Waals surface area contributed by atoms with Crippen LogP contribution in [0, 0.1) is 5.92 Å². The first kappa shape index (κ1) is 21.5. The topological polar surface area (TPSA) is 87.7 Å². The lowest BCUT2D eigenvalue weighted by Crippen LogP contribution is -2.51. The summed E-state index contributed by atoms with van der Waals surface area (Å²) in [5.41, 5.74) is 1.77. The number of anilines is 1. The number of rotatable bonds is 8. The summed E-state index contributed by atoms with van der Waals surface area (Å²) in [5.74, 6) is -0.773. The number of para-hydroxylation sites is 1. The van der Waals surface area contributed by atoms with Gasteiger partial charge in [-0.15, -0.1) is 0 Å². The fraction of sp³-hybridized carbons (Fsp3) is 0.526. The molecule has 26 heavy (non-hydrogen) atoms. The van der Waals surface area contributed by atoms with Crippen LogP contribution in [0.15, 0.2) is 24.3 Å². The first-order valence-electron chi connectivity index (χ1n) is 8.86. The minimum Gasteiger partial charge on any atom is -0.450 e. The fourth-order valence-corrected chi connectivity index (χ4v) is 2.48. The number of nitrogens with zero attached hydrogens (tertiary/aromatic N) is 1. The lowest BCUT2D eigenvalue weighted by Gasteiger charge is -2.26. The highest BCUT2D eigenvalue weighted by molar-refractivity contribution is 5.96. The molecule has 1 unspecified atom stereocenters. The van der Waals surface area contributed by atoms with Crippen LogP contribution in [0.1, 0.15) is 33.3 Å². The molecule has 1 atom stereocenters. The van der Waals surface area contributed by atoms with Crippen molar-refractivity contribution in [3.63, 3.8) is 0 Å². The Morgan fingerprint density at radius 2 is 1.81 bits per heavy atom. The van der Waals surface area contributed by atoms with Gasteiger partial charge in [0.15, 0.2) is 0 Å². The Labute approximate surface area is 155 Å². The zero-order valence-corrected chi connectivity index (χ0v) is 16.2. The van der Waals surface area contributed by atoms with Crippen molar-refractivity contribution in [1.82, 2.24) is 10.2 Å². The Morgan fingerprint density at radius 1 is 1.15 bits per heavy atom. The highest BCUT2D eigenvalue weighted by atomic mass is 16.5. The van der Waals surface area contributed by atoms with Crippen molar-refractivity contribution in [3.8, 4) is 0 Å². The summed E-state index contributed by atoms with van der Waals surface area (Å²) in [6.07, 6.45) is 0.152. The third-order valence-electron chi connectivity index (χ3n) is 3.91. The number of ether oxygens (including phenoxy) is 1. The van der Waals surface area contributed by atoms with E-state index in [4.69, 9.17) is 4.74 Å². The third-order valence-corrected chi connectivity index (χ3v) is 3.91. The molecule has 0 saturated heterocycles. The van der Waals surface area contributed by atoms with E-state index in [0.717, 1.165) is 17.7 Å². The van der Waals surface area contributed by atoms with E-state index >= 15 is 0 Å². The lowest BCUT2D eigenvalue weighted by atomic mass is 10.0. The maximum Gasteiger partial charge on any atom is 0.407 e. The molecule has 7 nitrogen and oxygen atoms in total. The molecule has 1 aromatic rings. The zero-order valence-electron chi connectivity index (χ0n) is 16.2. The smallest absolute Gasteiger partial charge is 0.407 e. The minimum absolute atomic E-state index is 0.107. The fourth-order valence-electron chi connectivity index (χ4n) is 2.48. The Morgan fingerprint density at radius 3 is 2.38 bits per heavy atom. The van der Waals surface area contributed by atoms with Crippen molar-refractivity contribution >= 4 is 23.6 Å². The average molecular weight is 363 g/mol. The van der Waals surface area contributed by atoms with Crippen molar-refractivity contribution in [2.24, 2.45) is 5.92 Å². The van der Waals surface area contributed by atoms with E-state index in [1.54, 1.807) is 6.92 Å². The summed E-state index contributed by atoms with van der Waals surface area (Å²) in [4.78, 5) is 37.8. The molecule has 0 aliphatic carbocycles. The first-order valence-corrected chi connectivity index (χ1v) is 8.86. The van der Waals surface area contributed by atoms with Gasteiger partial charge < -0.3 is 20.3 Å². The second kappa shape index (κ2) is 10.4. The number of likely N-dealkylation sites (N-methyl/N-ethyl adjacent to an activating group) is 1. The number of nitrogens with one attached hydrogen (secondary N) is 2. The zero-order chi connectivity index (χ0) is 19.7. The van der Waals surface area contributed by atoms with E-state index in [2.05, 4.69) is 10.6 Å². The van der Waals surface area contributed by atoms with Gasteiger partial charge >= 0.3 is 6.09 Å². The summed E-state index contributed by atoms with van der Waals surface area (Å²) < 4.78 is 4.84. The molecule has 0 aromatic heterocycles. The maximum absolute atomic E-state index is 12.6. The molecule has 0 heterocycles. The van der Waals surface area contributed by atoms with Crippen LogP contribution >= 0.6 is 0 Å². The van der Waals surface area contributed by atoms with E-state index in [-0.39, 0.29) is 30.9 Å². The molecule has 1 aromatic carbocycles. The van der Waals surface area contributed by atoms with Crippen LogP contribution in [0.2, 0.25) is 0 Å². The molecular weight excluding hydrogens is 334 g/mol. The van der Waals surface area contributed by atoms with Gasteiger partial charge in [0.1, 0.15) is 6.04 Å². The van der Waals surface area contributed by atoms with Gasteiger partial charge in [-0.05, 0) is 30.9 Å². The maximum atomic E-state index is 12.6. The van der Waals surface area contributed by atoms with Crippen LogP contribution in [-0.2, 0) is 20.7 Å². The Balaban J connectivity index is 2.71. The highest BCUT2D eigenvalue weighted by Crippen LogP contribution is 2.15. The van der Waals surface area contributed by atoms with Crippen molar-refractivity contribution < 1.29 is 19.1 Å². The molecule has 0 spiro atoms. The molecule has 0 saturated carbocycles. The van der Waals surface area contributed by atoms with Gasteiger partial charge in [0.25, 0.3) is 0 Å². The Kier molecular flexibility index (Phi) is 8.61. The van der Waals surface area contributed by atoms with Crippen LogP contribution in [0.4, 0.5) is 10.5 Å².